The summed E-state index contributed by atoms with van der Waals surface area (Å²) in [6.45, 7) is 3.58. The van der Waals surface area contributed by atoms with Crippen molar-refractivity contribution < 1.29 is 9.90 Å². The first-order valence-corrected chi connectivity index (χ1v) is 5.97. The van der Waals surface area contributed by atoms with E-state index in [0.29, 0.717) is 0 Å². The molecule has 0 bridgehead atoms. The van der Waals surface area contributed by atoms with Crippen LogP contribution in [0.2, 0.25) is 0 Å². The first-order valence-electron chi connectivity index (χ1n) is 4.27. The zero-order valence-electron chi connectivity index (χ0n) is 8.35. The van der Waals surface area contributed by atoms with Gasteiger partial charge in [0, 0.05) is 4.88 Å². The zero-order valence-corrected chi connectivity index (χ0v) is 9.98. The molecule has 1 aromatic rings. The van der Waals surface area contributed by atoms with Crippen molar-refractivity contribution in [2.24, 2.45) is 0 Å². The number of hydrogen-bond donors (Lipinski definition) is 1. The van der Waals surface area contributed by atoms with E-state index >= 15 is 0 Å². The lowest BCUT2D eigenvalue weighted by Gasteiger charge is -1.95. The summed E-state index contributed by atoms with van der Waals surface area (Å²) in [5.41, 5.74) is 0.745. The number of nitriles is 1. The molecule has 0 spiro atoms. The van der Waals surface area contributed by atoms with Gasteiger partial charge in [-0.15, -0.1) is 11.3 Å². The van der Waals surface area contributed by atoms with Crippen molar-refractivity contribution in [2.75, 3.05) is 0 Å². The fourth-order valence-corrected chi connectivity index (χ4v) is 3.19. The molecule has 15 heavy (non-hydrogen) atoms. The molecule has 80 valence electrons. The number of thiazole rings is 1. The molecule has 1 rings (SSSR count). The van der Waals surface area contributed by atoms with Crippen LogP contribution in [-0.2, 0) is 11.2 Å². The summed E-state index contributed by atoms with van der Waals surface area (Å²) in [6.07, 6.45) is 0.00495. The van der Waals surface area contributed by atoms with Crippen molar-refractivity contribution in [2.45, 2.75) is 29.9 Å². The number of carboxylic acid groups (broad SMARTS) is 1. The molecule has 6 heteroatoms. The summed E-state index contributed by atoms with van der Waals surface area (Å²) in [5.74, 6) is -0.855. The molecular weight excluding hydrogens is 232 g/mol. The lowest BCUT2D eigenvalue weighted by molar-refractivity contribution is -0.136. The van der Waals surface area contributed by atoms with Crippen LogP contribution in [0.25, 0.3) is 0 Å². The Morgan fingerprint density at radius 2 is 2.47 bits per heavy atom. The molecular formula is C9H10N2O2S2. The molecule has 0 fully saturated rings. The third kappa shape index (κ3) is 3.53. The van der Waals surface area contributed by atoms with E-state index in [2.05, 4.69) is 11.1 Å². The average molecular weight is 242 g/mol. The summed E-state index contributed by atoms with van der Waals surface area (Å²) in [4.78, 5) is 15.5. The van der Waals surface area contributed by atoms with Crippen LogP contribution in [0.1, 0.15) is 17.5 Å². The van der Waals surface area contributed by atoms with E-state index < -0.39 is 5.97 Å². The molecule has 1 heterocycles. The first-order chi connectivity index (χ1) is 7.02. The van der Waals surface area contributed by atoms with Crippen molar-refractivity contribution in [1.82, 2.24) is 4.98 Å². The number of hydrogen-bond acceptors (Lipinski definition) is 5. The second-order valence-electron chi connectivity index (χ2n) is 2.95. The highest BCUT2D eigenvalue weighted by molar-refractivity contribution is 8.01. The molecule has 0 aromatic carbocycles. The summed E-state index contributed by atoms with van der Waals surface area (Å²) in [5, 5.41) is 17.1. The minimum atomic E-state index is -0.855. The molecule has 1 N–H and O–H groups in total. The summed E-state index contributed by atoms with van der Waals surface area (Å²) in [7, 11) is 0. The molecule has 4 nitrogen and oxygen atoms in total. The van der Waals surface area contributed by atoms with Crippen LogP contribution in [-0.4, -0.2) is 21.3 Å². The molecule has 0 saturated carbocycles. The van der Waals surface area contributed by atoms with Crippen LogP contribution < -0.4 is 0 Å². The monoisotopic (exact) mass is 242 g/mol. The smallest absolute Gasteiger partial charge is 0.308 e. The largest absolute Gasteiger partial charge is 0.481 e. The molecule has 0 saturated heterocycles. The van der Waals surface area contributed by atoms with Gasteiger partial charge in [-0.25, -0.2) is 4.98 Å². The Kier molecular flexibility index (Phi) is 4.12. The van der Waals surface area contributed by atoms with Gasteiger partial charge in [-0.05, 0) is 13.8 Å². The van der Waals surface area contributed by atoms with Gasteiger partial charge in [0.25, 0.3) is 0 Å². The molecule has 0 aliphatic carbocycles. The van der Waals surface area contributed by atoms with Crippen molar-refractivity contribution in [3.63, 3.8) is 0 Å². The maximum Gasteiger partial charge on any atom is 0.308 e. The Morgan fingerprint density at radius 3 is 3.00 bits per heavy atom. The van der Waals surface area contributed by atoms with E-state index in [-0.39, 0.29) is 11.7 Å². The van der Waals surface area contributed by atoms with Gasteiger partial charge in [0.2, 0.25) is 0 Å². The van der Waals surface area contributed by atoms with Crippen molar-refractivity contribution >= 4 is 29.1 Å². The standard InChI is InChI=1S/C9H10N2O2S2/c1-5(4-10)14-9-11-6(2)7(15-9)3-8(12)13/h5H,3H2,1-2H3,(H,12,13). The second-order valence-corrected chi connectivity index (χ2v) is 5.62. The summed E-state index contributed by atoms with van der Waals surface area (Å²) < 4.78 is 0.762. The van der Waals surface area contributed by atoms with Crippen LogP contribution in [0.4, 0.5) is 0 Å². The second kappa shape index (κ2) is 5.14. The predicted octanol–water partition coefficient (Wildman–Crippen LogP) is 2.08. The van der Waals surface area contributed by atoms with Crippen LogP contribution >= 0.6 is 23.1 Å². The zero-order chi connectivity index (χ0) is 11.4. The number of aliphatic carboxylic acids is 1. The molecule has 0 amide bonds. The van der Waals surface area contributed by atoms with Crippen molar-refractivity contribution in [3.8, 4) is 6.07 Å². The third-order valence-corrected chi connectivity index (χ3v) is 3.89. The van der Waals surface area contributed by atoms with E-state index in [1.807, 2.05) is 0 Å². The highest BCUT2D eigenvalue weighted by Gasteiger charge is 2.13. The predicted molar refractivity (Wildman–Crippen MR) is 59.1 cm³/mol. The van der Waals surface area contributed by atoms with Crippen LogP contribution in [0, 0.1) is 18.3 Å². The maximum atomic E-state index is 10.5. The highest BCUT2D eigenvalue weighted by atomic mass is 32.2. The summed E-state index contributed by atoms with van der Waals surface area (Å²) in [6, 6.07) is 2.10. The topological polar surface area (TPSA) is 74.0 Å². The van der Waals surface area contributed by atoms with E-state index in [1.54, 1.807) is 13.8 Å². The minimum Gasteiger partial charge on any atom is -0.481 e. The van der Waals surface area contributed by atoms with Crippen molar-refractivity contribution in [3.05, 3.63) is 10.6 Å². The molecule has 1 unspecified atom stereocenters. The Balaban J connectivity index is 2.77. The van der Waals surface area contributed by atoms with Gasteiger partial charge in [0.05, 0.1) is 23.4 Å². The number of aryl methyl sites for hydroxylation is 1. The summed E-state index contributed by atoms with van der Waals surface area (Å²) >= 11 is 2.71. The number of nitrogens with zero attached hydrogens (tertiary/aromatic N) is 2. The number of rotatable bonds is 4. The van der Waals surface area contributed by atoms with Gasteiger partial charge in [-0.1, -0.05) is 11.8 Å². The minimum absolute atomic E-state index is 0.00495. The molecule has 1 aromatic heterocycles. The van der Waals surface area contributed by atoms with Gasteiger partial charge >= 0.3 is 5.97 Å². The van der Waals surface area contributed by atoms with Crippen molar-refractivity contribution in [1.29, 1.82) is 5.26 Å². The fourth-order valence-electron chi connectivity index (χ4n) is 0.931. The van der Waals surface area contributed by atoms with Gasteiger partial charge < -0.3 is 5.11 Å². The maximum absolute atomic E-state index is 10.5. The normalized spacial score (nSPS) is 12.1. The quantitative estimate of drug-likeness (QED) is 0.818. The van der Waals surface area contributed by atoms with Gasteiger partial charge in [0.1, 0.15) is 0 Å². The van der Waals surface area contributed by atoms with Crippen LogP contribution in [0.3, 0.4) is 0 Å². The average Bonchev–Trinajstić information content (AvgIpc) is 2.45. The Bertz CT molecular complexity index is 409. The number of carboxylic acids is 1. The Labute approximate surface area is 96.0 Å². The first kappa shape index (κ1) is 12.0. The van der Waals surface area contributed by atoms with Crippen LogP contribution in [0.5, 0.6) is 0 Å². The van der Waals surface area contributed by atoms with E-state index in [0.717, 1.165) is 14.9 Å². The van der Waals surface area contributed by atoms with Gasteiger partial charge in [-0.3, -0.25) is 4.79 Å². The van der Waals surface area contributed by atoms with E-state index in [1.165, 1.54) is 23.1 Å². The molecule has 1 atom stereocenters. The van der Waals surface area contributed by atoms with Gasteiger partial charge in [-0.2, -0.15) is 5.26 Å². The third-order valence-electron chi connectivity index (χ3n) is 1.64. The van der Waals surface area contributed by atoms with E-state index in [9.17, 15) is 4.79 Å². The van der Waals surface area contributed by atoms with Crippen LogP contribution in [0.15, 0.2) is 4.34 Å². The SMILES string of the molecule is Cc1nc(SC(C)C#N)sc1CC(=O)O. The molecule has 0 aliphatic heterocycles. The fraction of sp³-hybridized carbons (Fsp3) is 0.444. The molecule has 0 radical (unpaired) electrons. The lowest BCUT2D eigenvalue weighted by Crippen LogP contribution is -1.99. The number of carbonyl (C=O) groups is 1. The Hall–Kier alpha value is -1.06. The highest BCUT2D eigenvalue weighted by Crippen LogP contribution is 2.30. The molecule has 0 aliphatic rings. The Morgan fingerprint density at radius 1 is 1.80 bits per heavy atom. The number of thioether (sulfide) groups is 1. The number of aromatic nitrogens is 1. The van der Waals surface area contributed by atoms with E-state index in [4.69, 9.17) is 10.4 Å². The van der Waals surface area contributed by atoms with Gasteiger partial charge in [0.15, 0.2) is 4.34 Å². The lowest BCUT2D eigenvalue weighted by atomic mass is 10.3.